The van der Waals surface area contributed by atoms with Crippen LogP contribution in [0.2, 0.25) is 0 Å². The molecule has 16 heteroatoms. The van der Waals surface area contributed by atoms with E-state index in [9.17, 15) is 14.5 Å². The van der Waals surface area contributed by atoms with Gasteiger partial charge in [-0.1, -0.05) is 0 Å². The number of rotatable bonds is 7. The number of imidazole rings is 1. The fourth-order valence-corrected chi connectivity index (χ4v) is 3.14. The van der Waals surface area contributed by atoms with Crippen LogP contribution in [-0.2, 0) is 18.6 Å². The molecule has 0 aromatic carbocycles. The average molecular weight is 433 g/mol. The second-order valence-corrected chi connectivity index (χ2v) is 7.25. The number of carbonyl (C=O) groups is 1. The van der Waals surface area contributed by atoms with Crippen molar-refractivity contribution in [1.29, 1.82) is 0 Å². The van der Waals surface area contributed by atoms with Gasteiger partial charge in [0, 0.05) is 13.1 Å². The van der Waals surface area contributed by atoms with Gasteiger partial charge in [-0.25, -0.2) is 24.3 Å². The summed E-state index contributed by atoms with van der Waals surface area (Å²) >= 11 is 0. The predicted octanol–water partition coefficient (Wildman–Crippen LogP) is -2.17. The van der Waals surface area contributed by atoms with E-state index in [0.717, 1.165) is 0 Å². The van der Waals surface area contributed by atoms with Crippen molar-refractivity contribution in [3.63, 3.8) is 0 Å². The molecule has 8 N–H and O–H groups in total. The fraction of sp³-hybridized carbons (Fsp3) is 0.538. The van der Waals surface area contributed by atoms with Crippen LogP contribution in [0, 0.1) is 0 Å². The van der Waals surface area contributed by atoms with Crippen LogP contribution in [0.15, 0.2) is 12.7 Å². The SMILES string of the molecule is NCCNC(=O)O[C@H]1[C@@H](O)[C@H](n2cnc3c(N)ncnc32)O[C@@H]1COP(=O)(O)O. The van der Waals surface area contributed by atoms with Gasteiger partial charge >= 0.3 is 13.9 Å². The van der Waals surface area contributed by atoms with Crippen molar-refractivity contribution in [1.82, 2.24) is 24.8 Å². The Labute approximate surface area is 163 Å². The molecule has 0 aliphatic carbocycles. The van der Waals surface area contributed by atoms with Crippen LogP contribution in [0.3, 0.4) is 0 Å². The van der Waals surface area contributed by atoms with Crippen LogP contribution >= 0.6 is 7.82 Å². The van der Waals surface area contributed by atoms with E-state index in [0.29, 0.717) is 0 Å². The Bertz CT molecular complexity index is 920. The Morgan fingerprint density at radius 3 is 2.83 bits per heavy atom. The summed E-state index contributed by atoms with van der Waals surface area (Å²) in [7, 11) is -4.83. The van der Waals surface area contributed by atoms with Gasteiger partial charge in [0.1, 0.15) is 24.1 Å². The third-order valence-corrected chi connectivity index (χ3v) is 4.52. The lowest BCUT2D eigenvalue weighted by Gasteiger charge is -2.21. The van der Waals surface area contributed by atoms with E-state index in [1.807, 2.05) is 0 Å². The first-order valence-corrected chi connectivity index (χ1v) is 9.85. The molecule has 15 nitrogen and oxygen atoms in total. The molecular formula is C13H20N7O8P. The second-order valence-electron chi connectivity index (χ2n) is 6.01. The molecule has 2 aromatic rings. The number of anilines is 1. The third-order valence-electron chi connectivity index (χ3n) is 4.03. The van der Waals surface area contributed by atoms with E-state index in [1.54, 1.807) is 0 Å². The molecule has 160 valence electrons. The highest BCUT2D eigenvalue weighted by Crippen LogP contribution is 2.39. The molecule has 1 fully saturated rings. The molecule has 0 radical (unpaired) electrons. The van der Waals surface area contributed by atoms with E-state index in [1.165, 1.54) is 17.2 Å². The first-order chi connectivity index (χ1) is 13.7. The van der Waals surface area contributed by atoms with Crippen LogP contribution in [0.1, 0.15) is 6.23 Å². The van der Waals surface area contributed by atoms with Crippen LogP contribution in [0.25, 0.3) is 11.2 Å². The number of phosphoric acid groups is 1. The maximum absolute atomic E-state index is 11.9. The number of nitrogens with one attached hydrogen (secondary N) is 1. The zero-order valence-corrected chi connectivity index (χ0v) is 15.8. The number of fused-ring (bicyclic) bond motifs is 1. The summed E-state index contributed by atoms with van der Waals surface area (Å²) in [5, 5.41) is 13.1. The Kier molecular flexibility index (Phi) is 6.28. The van der Waals surface area contributed by atoms with Gasteiger partial charge < -0.3 is 41.2 Å². The summed E-state index contributed by atoms with van der Waals surface area (Å²) in [6.45, 7) is -0.372. The number of ether oxygens (including phenoxy) is 2. The largest absolute Gasteiger partial charge is 0.469 e. The lowest BCUT2D eigenvalue weighted by atomic mass is 10.1. The van der Waals surface area contributed by atoms with Crippen LogP contribution in [-0.4, -0.2) is 78.5 Å². The van der Waals surface area contributed by atoms with Gasteiger partial charge in [-0.15, -0.1) is 0 Å². The summed E-state index contributed by atoms with van der Waals surface area (Å²) in [6.07, 6.45) is -3.54. The Morgan fingerprint density at radius 2 is 2.14 bits per heavy atom. The number of nitrogens with two attached hydrogens (primary N) is 2. The van der Waals surface area contributed by atoms with Crippen molar-refractivity contribution in [2.75, 3.05) is 25.4 Å². The number of alkyl carbamates (subject to hydrolysis) is 1. The Hall–Kier alpha value is -2.39. The van der Waals surface area contributed by atoms with E-state index in [-0.39, 0.29) is 30.1 Å². The van der Waals surface area contributed by atoms with Gasteiger partial charge in [0.05, 0.1) is 12.9 Å². The second kappa shape index (κ2) is 8.54. The maximum atomic E-state index is 11.9. The molecule has 1 saturated heterocycles. The van der Waals surface area contributed by atoms with Gasteiger partial charge in [-0.3, -0.25) is 9.09 Å². The number of nitrogen functional groups attached to an aromatic ring is 1. The number of aliphatic hydroxyl groups is 1. The number of nitrogens with zero attached hydrogens (tertiary/aromatic N) is 4. The molecule has 0 saturated carbocycles. The molecule has 2 aromatic heterocycles. The van der Waals surface area contributed by atoms with E-state index >= 15 is 0 Å². The minimum Gasteiger partial charge on any atom is -0.440 e. The minimum atomic E-state index is -4.83. The topological polar surface area (TPSA) is 230 Å². The molecule has 3 heterocycles. The lowest BCUT2D eigenvalue weighted by molar-refractivity contribution is -0.0509. The van der Waals surface area contributed by atoms with Crippen molar-refractivity contribution in [3.05, 3.63) is 12.7 Å². The highest BCUT2D eigenvalue weighted by molar-refractivity contribution is 7.46. The van der Waals surface area contributed by atoms with Gasteiger partial charge in [-0.2, -0.15) is 0 Å². The molecule has 1 amide bonds. The Balaban J connectivity index is 1.85. The van der Waals surface area contributed by atoms with Crippen molar-refractivity contribution < 1.29 is 38.3 Å². The normalized spacial score (nSPS) is 24.7. The molecule has 0 bridgehead atoms. The van der Waals surface area contributed by atoms with Crippen LogP contribution in [0.4, 0.5) is 10.6 Å². The number of amides is 1. The molecule has 4 atom stereocenters. The molecule has 1 aliphatic heterocycles. The molecule has 1 aliphatic rings. The lowest BCUT2D eigenvalue weighted by Crippen LogP contribution is -2.42. The monoisotopic (exact) mass is 433 g/mol. The zero-order chi connectivity index (χ0) is 21.2. The van der Waals surface area contributed by atoms with Gasteiger partial charge in [0.2, 0.25) is 0 Å². The third kappa shape index (κ3) is 4.79. The van der Waals surface area contributed by atoms with Crippen LogP contribution < -0.4 is 16.8 Å². The standard InChI is InChI=1S/C13H20N7O8P/c14-1-2-16-13(22)28-9-6(3-26-29(23,24)25)27-12(8(9)21)20-5-19-7-10(15)17-4-18-11(7)20/h4-6,8-9,12,21H,1-3,14H2,(H,16,22)(H2,15,17,18)(H2,23,24,25)/t6-,8-,9-,12-/m1/s1. The van der Waals surface area contributed by atoms with E-state index in [2.05, 4.69) is 24.8 Å². The van der Waals surface area contributed by atoms with E-state index < -0.39 is 45.1 Å². The summed E-state index contributed by atoms with van der Waals surface area (Å²) in [5.74, 6) is 0.108. The van der Waals surface area contributed by atoms with Gasteiger partial charge in [-0.05, 0) is 0 Å². The zero-order valence-electron chi connectivity index (χ0n) is 14.9. The number of phosphoric ester groups is 1. The minimum absolute atomic E-state index is 0.108. The first kappa shape index (κ1) is 21.3. The smallest absolute Gasteiger partial charge is 0.440 e. The van der Waals surface area contributed by atoms with Gasteiger partial charge in [0.15, 0.2) is 23.8 Å². The van der Waals surface area contributed by atoms with Gasteiger partial charge in [0.25, 0.3) is 0 Å². The summed E-state index contributed by atoms with van der Waals surface area (Å²) in [6, 6.07) is 0. The predicted molar refractivity (Wildman–Crippen MR) is 95.0 cm³/mol. The average Bonchev–Trinajstić information content (AvgIpc) is 3.21. The fourth-order valence-electron chi connectivity index (χ4n) is 2.80. The number of carbonyl (C=O) groups excluding carboxylic acids is 1. The molecule has 29 heavy (non-hydrogen) atoms. The number of hydrogen-bond acceptors (Lipinski definition) is 11. The quantitative estimate of drug-likeness (QED) is 0.256. The Morgan fingerprint density at radius 1 is 1.38 bits per heavy atom. The molecule has 3 rings (SSSR count). The highest BCUT2D eigenvalue weighted by Gasteiger charge is 2.48. The number of hydrogen-bond donors (Lipinski definition) is 6. The summed E-state index contributed by atoms with van der Waals surface area (Å²) < 4.78 is 27.6. The molecule has 0 spiro atoms. The summed E-state index contributed by atoms with van der Waals surface area (Å²) in [4.78, 5) is 41.7. The number of aliphatic hydroxyl groups excluding tert-OH is 1. The van der Waals surface area contributed by atoms with Crippen molar-refractivity contribution >= 4 is 30.9 Å². The van der Waals surface area contributed by atoms with Crippen molar-refractivity contribution in [3.8, 4) is 0 Å². The summed E-state index contributed by atoms with van der Waals surface area (Å²) in [5.41, 5.74) is 11.5. The molecule has 0 unspecified atom stereocenters. The number of aromatic nitrogens is 4. The maximum Gasteiger partial charge on any atom is 0.469 e. The first-order valence-electron chi connectivity index (χ1n) is 8.32. The van der Waals surface area contributed by atoms with Crippen LogP contribution in [0.5, 0.6) is 0 Å². The highest BCUT2D eigenvalue weighted by atomic mass is 31.2. The van der Waals surface area contributed by atoms with E-state index in [4.69, 9.17) is 30.7 Å². The van der Waals surface area contributed by atoms with Crippen molar-refractivity contribution in [2.45, 2.75) is 24.5 Å². The van der Waals surface area contributed by atoms with Crippen molar-refractivity contribution in [2.24, 2.45) is 5.73 Å². The molecular weight excluding hydrogens is 413 g/mol.